The average Bonchev–Trinajstić information content (AvgIpc) is 3.42. The fraction of sp³-hybridized carbons (Fsp3) is 0.400. The number of nitrogens with zero attached hydrogens (tertiary/aromatic N) is 4. The smallest absolute Gasteiger partial charge is 0.272 e. The molecule has 160 valence electrons. The number of methoxy groups -OCH3 is 1. The van der Waals surface area contributed by atoms with E-state index in [1.54, 1.807) is 20.1 Å². The molecule has 2 aromatic heterocycles. The third-order valence-corrected chi connectivity index (χ3v) is 5.01. The fourth-order valence-electron chi connectivity index (χ4n) is 3.55. The maximum absolute atomic E-state index is 13.0. The molecule has 1 saturated heterocycles. The standard InChI is InChI=1S/C20H24N6O3.ClH/c1-13-22-19(25-29-13)18(15-7-3-4-8-17(15)28-2)23-20(27)16-9-11-26(24-16)14-6-5-10-21-12-14;/h3-4,7-9,11,14,18,21H,5-6,10,12H2,1-2H3,(H,23,27);1H. The van der Waals surface area contributed by atoms with Crippen LogP contribution in [-0.4, -0.2) is 46.0 Å². The maximum atomic E-state index is 13.0. The van der Waals surface area contributed by atoms with Crippen LogP contribution in [0.25, 0.3) is 0 Å². The summed E-state index contributed by atoms with van der Waals surface area (Å²) in [6.07, 6.45) is 3.99. The molecule has 0 radical (unpaired) electrons. The number of aromatic nitrogens is 4. The van der Waals surface area contributed by atoms with E-state index in [0.717, 1.165) is 31.5 Å². The lowest BCUT2D eigenvalue weighted by molar-refractivity contribution is 0.0934. The van der Waals surface area contributed by atoms with Gasteiger partial charge in [0.25, 0.3) is 5.91 Å². The van der Waals surface area contributed by atoms with E-state index in [1.165, 1.54) is 0 Å². The number of piperidine rings is 1. The number of hydrogen-bond donors (Lipinski definition) is 2. The minimum absolute atomic E-state index is 0. The van der Waals surface area contributed by atoms with Gasteiger partial charge in [0.05, 0.1) is 13.2 Å². The number of carbonyl (C=O) groups excluding carboxylic acids is 1. The summed E-state index contributed by atoms with van der Waals surface area (Å²) in [4.78, 5) is 17.3. The zero-order valence-corrected chi connectivity index (χ0v) is 17.7. The first-order valence-corrected chi connectivity index (χ1v) is 9.65. The van der Waals surface area contributed by atoms with Crippen molar-refractivity contribution in [3.05, 3.63) is 59.5 Å². The molecule has 30 heavy (non-hydrogen) atoms. The van der Waals surface area contributed by atoms with E-state index < -0.39 is 6.04 Å². The molecule has 1 amide bonds. The van der Waals surface area contributed by atoms with Gasteiger partial charge in [-0.15, -0.1) is 12.4 Å². The van der Waals surface area contributed by atoms with Gasteiger partial charge in [-0.2, -0.15) is 10.1 Å². The van der Waals surface area contributed by atoms with Crippen LogP contribution >= 0.6 is 12.4 Å². The van der Waals surface area contributed by atoms with E-state index in [4.69, 9.17) is 9.26 Å². The molecule has 1 aromatic carbocycles. The van der Waals surface area contributed by atoms with Crippen molar-refractivity contribution in [1.82, 2.24) is 30.6 Å². The third-order valence-electron chi connectivity index (χ3n) is 5.01. The van der Waals surface area contributed by atoms with Crippen LogP contribution in [0.4, 0.5) is 0 Å². The predicted octanol–water partition coefficient (Wildman–Crippen LogP) is 2.45. The Labute approximate surface area is 180 Å². The van der Waals surface area contributed by atoms with Crippen LogP contribution in [-0.2, 0) is 0 Å². The van der Waals surface area contributed by atoms with E-state index >= 15 is 0 Å². The van der Waals surface area contributed by atoms with Crippen LogP contribution < -0.4 is 15.4 Å². The first-order valence-electron chi connectivity index (χ1n) is 9.65. The zero-order valence-electron chi connectivity index (χ0n) is 16.9. The Morgan fingerprint density at radius 2 is 2.20 bits per heavy atom. The van der Waals surface area contributed by atoms with Crippen molar-refractivity contribution >= 4 is 18.3 Å². The van der Waals surface area contributed by atoms with Crippen molar-refractivity contribution in [1.29, 1.82) is 0 Å². The minimum Gasteiger partial charge on any atom is -0.496 e. The molecule has 10 heteroatoms. The van der Waals surface area contributed by atoms with Crippen LogP contribution in [0.15, 0.2) is 41.1 Å². The van der Waals surface area contributed by atoms with Gasteiger partial charge in [0.15, 0.2) is 5.82 Å². The molecule has 3 aromatic rings. The number of hydrogen-bond acceptors (Lipinski definition) is 7. The van der Waals surface area contributed by atoms with Gasteiger partial charge in [-0.1, -0.05) is 23.4 Å². The normalized spacial score (nSPS) is 17.1. The highest BCUT2D eigenvalue weighted by molar-refractivity contribution is 5.92. The number of para-hydroxylation sites is 1. The highest BCUT2D eigenvalue weighted by Gasteiger charge is 2.26. The Morgan fingerprint density at radius 1 is 1.37 bits per heavy atom. The van der Waals surface area contributed by atoms with Crippen LogP contribution in [0.2, 0.25) is 0 Å². The highest BCUT2D eigenvalue weighted by atomic mass is 35.5. The molecule has 1 aliphatic rings. The molecule has 4 rings (SSSR count). The van der Waals surface area contributed by atoms with E-state index in [9.17, 15) is 4.79 Å². The van der Waals surface area contributed by atoms with E-state index in [-0.39, 0.29) is 24.4 Å². The summed E-state index contributed by atoms with van der Waals surface area (Å²) in [6.45, 7) is 3.59. The van der Waals surface area contributed by atoms with Crippen molar-refractivity contribution < 1.29 is 14.1 Å². The number of aryl methyl sites for hydroxylation is 1. The summed E-state index contributed by atoms with van der Waals surface area (Å²) in [6, 6.07) is 8.78. The largest absolute Gasteiger partial charge is 0.496 e. The van der Waals surface area contributed by atoms with Gasteiger partial charge in [-0.05, 0) is 31.5 Å². The molecule has 0 spiro atoms. The van der Waals surface area contributed by atoms with Gasteiger partial charge in [-0.25, -0.2) is 0 Å². The first kappa shape index (κ1) is 21.8. The Balaban J connectivity index is 0.00000256. The van der Waals surface area contributed by atoms with Crippen molar-refractivity contribution in [3.8, 4) is 5.75 Å². The van der Waals surface area contributed by atoms with Crippen molar-refractivity contribution in [3.63, 3.8) is 0 Å². The molecule has 9 nitrogen and oxygen atoms in total. The topological polar surface area (TPSA) is 107 Å². The second-order valence-corrected chi connectivity index (χ2v) is 7.00. The summed E-state index contributed by atoms with van der Waals surface area (Å²) >= 11 is 0. The third kappa shape index (κ3) is 4.63. The molecule has 2 N–H and O–H groups in total. The Morgan fingerprint density at radius 3 is 2.90 bits per heavy atom. The van der Waals surface area contributed by atoms with Gasteiger partial charge in [-0.3, -0.25) is 9.48 Å². The summed E-state index contributed by atoms with van der Waals surface area (Å²) in [5.74, 6) is 1.09. The summed E-state index contributed by atoms with van der Waals surface area (Å²) in [7, 11) is 1.58. The number of rotatable bonds is 6. The molecule has 0 bridgehead atoms. The molecule has 1 aliphatic heterocycles. The van der Waals surface area contributed by atoms with Crippen LogP contribution in [0.5, 0.6) is 5.75 Å². The molecule has 1 fully saturated rings. The van der Waals surface area contributed by atoms with Crippen molar-refractivity contribution in [2.75, 3.05) is 20.2 Å². The van der Waals surface area contributed by atoms with Gasteiger partial charge >= 0.3 is 0 Å². The minimum atomic E-state index is -0.627. The molecule has 2 unspecified atom stereocenters. The maximum Gasteiger partial charge on any atom is 0.272 e. The van der Waals surface area contributed by atoms with Crippen LogP contribution in [0.3, 0.4) is 0 Å². The van der Waals surface area contributed by atoms with E-state index in [0.29, 0.717) is 23.2 Å². The molecule has 2 atom stereocenters. The fourth-order valence-corrected chi connectivity index (χ4v) is 3.55. The lowest BCUT2D eigenvalue weighted by Gasteiger charge is -2.23. The number of benzene rings is 1. The molecule has 0 saturated carbocycles. The van der Waals surface area contributed by atoms with Crippen LogP contribution in [0, 0.1) is 6.92 Å². The molecule has 3 heterocycles. The first-order chi connectivity index (χ1) is 14.2. The quantitative estimate of drug-likeness (QED) is 0.616. The zero-order chi connectivity index (χ0) is 20.2. The number of ether oxygens (including phenoxy) is 1. The Bertz CT molecular complexity index is 982. The van der Waals surface area contributed by atoms with Gasteiger partial charge in [0.1, 0.15) is 17.5 Å². The van der Waals surface area contributed by atoms with E-state index in [2.05, 4.69) is 25.9 Å². The second-order valence-electron chi connectivity index (χ2n) is 7.00. The monoisotopic (exact) mass is 432 g/mol. The average molecular weight is 433 g/mol. The van der Waals surface area contributed by atoms with Crippen molar-refractivity contribution in [2.24, 2.45) is 0 Å². The molecular weight excluding hydrogens is 408 g/mol. The number of carbonyl (C=O) groups is 1. The van der Waals surface area contributed by atoms with Gasteiger partial charge in [0.2, 0.25) is 5.89 Å². The summed E-state index contributed by atoms with van der Waals surface area (Å²) in [5.41, 5.74) is 1.08. The summed E-state index contributed by atoms with van der Waals surface area (Å²) in [5, 5.41) is 14.8. The number of nitrogens with one attached hydrogen (secondary N) is 2. The van der Waals surface area contributed by atoms with Gasteiger partial charge in [0, 0.05) is 25.2 Å². The lowest BCUT2D eigenvalue weighted by atomic mass is 10.0. The second kappa shape index (κ2) is 9.73. The number of halogens is 1. The highest BCUT2D eigenvalue weighted by Crippen LogP contribution is 2.29. The SMILES string of the molecule is COc1ccccc1C(NC(=O)c1ccn(C2CCCNC2)n1)c1noc(C)n1.Cl. The predicted molar refractivity (Wildman–Crippen MR) is 112 cm³/mol. The Hall–Kier alpha value is -2.91. The van der Waals surface area contributed by atoms with Crippen molar-refractivity contribution in [2.45, 2.75) is 31.8 Å². The van der Waals surface area contributed by atoms with Gasteiger partial charge < -0.3 is 19.9 Å². The molecule has 0 aliphatic carbocycles. The number of amides is 1. The Kier molecular flexibility index (Phi) is 7.07. The molecular formula is C20H25ClN6O3. The summed E-state index contributed by atoms with van der Waals surface area (Å²) < 4.78 is 12.5. The van der Waals surface area contributed by atoms with Crippen LogP contribution in [0.1, 0.15) is 52.7 Å². The lowest BCUT2D eigenvalue weighted by Crippen LogP contribution is -2.33. The van der Waals surface area contributed by atoms with E-state index in [1.807, 2.05) is 35.1 Å².